The number of carbonyl (C=O) groups is 1. The second-order valence-electron chi connectivity index (χ2n) is 4.90. The van der Waals surface area contributed by atoms with Crippen molar-refractivity contribution in [2.45, 2.75) is 24.5 Å². The molecule has 0 aromatic heterocycles. The van der Waals surface area contributed by atoms with Gasteiger partial charge >= 0.3 is 0 Å². The number of anilines is 1. The number of thiocarbonyl (C=S) groups is 1. The summed E-state index contributed by atoms with van der Waals surface area (Å²) in [7, 11) is -3.45. The summed E-state index contributed by atoms with van der Waals surface area (Å²) in [5, 5.41) is 1.21. The Bertz CT molecular complexity index is 689. The molecule has 114 valence electrons. The third-order valence-electron chi connectivity index (χ3n) is 3.38. The highest BCUT2D eigenvalue weighted by atomic mass is 32.2. The topological polar surface area (TPSA) is 89.3 Å². The zero-order valence-corrected chi connectivity index (χ0v) is 12.8. The van der Waals surface area contributed by atoms with Crippen LogP contribution in [0.1, 0.15) is 24.8 Å². The molecule has 0 spiro atoms. The highest BCUT2D eigenvalue weighted by Gasteiger charge is 2.35. The number of amides is 1. The number of carbonyl (C=O) groups excluding carboxylic acids is 1. The normalized spacial score (nSPS) is 20.7. The van der Waals surface area contributed by atoms with Gasteiger partial charge in [0, 0.05) is 5.56 Å². The molecule has 1 atom stereocenters. The molecule has 0 radical (unpaired) electrons. The van der Waals surface area contributed by atoms with Crippen LogP contribution in [-0.2, 0) is 14.6 Å². The molecule has 0 aliphatic carbocycles. The van der Waals surface area contributed by atoms with E-state index >= 15 is 0 Å². The van der Waals surface area contributed by atoms with Crippen LogP contribution in [-0.4, -0.2) is 30.3 Å². The molecule has 1 aromatic rings. The lowest BCUT2D eigenvalue weighted by Gasteiger charge is -2.21. The molecule has 1 aliphatic heterocycles. The number of hydrogen-bond donors (Lipinski definition) is 2. The van der Waals surface area contributed by atoms with Crippen LogP contribution in [0.2, 0.25) is 0 Å². The summed E-state index contributed by atoms with van der Waals surface area (Å²) in [5.74, 6) is -1.41. The monoisotopic (exact) mass is 330 g/mol. The van der Waals surface area contributed by atoms with Crippen molar-refractivity contribution in [3.05, 3.63) is 29.6 Å². The molecule has 0 bridgehead atoms. The van der Waals surface area contributed by atoms with Crippen molar-refractivity contribution < 1.29 is 17.6 Å². The van der Waals surface area contributed by atoms with Crippen molar-refractivity contribution in [2.75, 3.05) is 11.1 Å². The van der Waals surface area contributed by atoms with Gasteiger partial charge in [-0.25, -0.2) is 12.8 Å². The van der Waals surface area contributed by atoms with Crippen molar-refractivity contribution in [3.8, 4) is 0 Å². The molecule has 21 heavy (non-hydrogen) atoms. The van der Waals surface area contributed by atoms with Crippen LogP contribution in [0.3, 0.4) is 0 Å². The zero-order valence-electron chi connectivity index (χ0n) is 11.1. The average Bonchev–Trinajstić information content (AvgIpc) is 2.40. The third-order valence-corrected chi connectivity index (χ3v) is 5.79. The van der Waals surface area contributed by atoms with Crippen LogP contribution in [0.4, 0.5) is 10.1 Å². The van der Waals surface area contributed by atoms with Crippen LogP contribution in [0.5, 0.6) is 0 Å². The standard InChI is InChI=1S/C13H15FN2O3S2/c14-9-7-8(12(15)20)4-5-10(9)16-13(17)11-3-1-2-6-21(11,18)19/h4-5,7,11H,1-3,6H2,(H2,15,20)(H,16,17). The minimum absolute atomic E-state index is 0.00600. The molecule has 3 N–H and O–H groups in total. The molecule has 1 heterocycles. The Kier molecular flexibility index (Phi) is 4.58. The van der Waals surface area contributed by atoms with E-state index in [1.165, 1.54) is 12.1 Å². The predicted molar refractivity (Wildman–Crippen MR) is 82.3 cm³/mol. The molecular formula is C13H15FN2O3S2. The molecule has 0 saturated carbocycles. The second-order valence-corrected chi connectivity index (χ2v) is 7.64. The van der Waals surface area contributed by atoms with E-state index in [4.69, 9.17) is 18.0 Å². The molecule has 1 fully saturated rings. The maximum Gasteiger partial charge on any atom is 0.242 e. The first-order valence-corrected chi connectivity index (χ1v) is 8.55. The van der Waals surface area contributed by atoms with Gasteiger partial charge in [0.05, 0.1) is 11.4 Å². The number of nitrogens with two attached hydrogens (primary N) is 1. The summed E-state index contributed by atoms with van der Waals surface area (Å²) in [6.07, 6.45) is 1.49. The smallest absolute Gasteiger partial charge is 0.242 e. The van der Waals surface area contributed by atoms with E-state index < -0.39 is 26.8 Å². The highest BCUT2D eigenvalue weighted by Crippen LogP contribution is 2.22. The van der Waals surface area contributed by atoms with E-state index in [0.29, 0.717) is 18.4 Å². The molecular weight excluding hydrogens is 315 g/mol. The van der Waals surface area contributed by atoms with Crippen molar-refractivity contribution >= 4 is 38.6 Å². The molecule has 1 aromatic carbocycles. The lowest BCUT2D eigenvalue weighted by molar-refractivity contribution is -0.116. The summed E-state index contributed by atoms with van der Waals surface area (Å²) < 4.78 is 37.6. The van der Waals surface area contributed by atoms with Crippen molar-refractivity contribution in [1.29, 1.82) is 0 Å². The van der Waals surface area contributed by atoms with Gasteiger partial charge < -0.3 is 11.1 Å². The van der Waals surface area contributed by atoms with Crippen LogP contribution in [0.25, 0.3) is 0 Å². The Balaban J connectivity index is 2.18. The Hall–Kier alpha value is -1.54. The average molecular weight is 330 g/mol. The Morgan fingerprint density at radius 3 is 2.67 bits per heavy atom. The molecule has 1 aliphatic rings. The highest BCUT2D eigenvalue weighted by molar-refractivity contribution is 7.92. The number of nitrogens with one attached hydrogen (secondary N) is 1. The van der Waals surface area contributed by atoms with E-state index in [0.717, 1.165) is 6.07 Å². The minimum Gasteiger partial charge on any atom is -0.389 e. The van der Waals surface area contributed by atoms with Crippen LogP contribution in [0, 0.1) is 5.82 Å². The fourth-order valence-corrected chi connectivity index (χ4v) is 4.16. The van der Waals surface area contributed by atoms with Gasteiger partial charge in [0.25, 0.3) is 0 Å². The largest absolute Gasteiger partial charge is 0.389 e. The van der Waals surface area contributed by atoms with E-state index in [2.05, 4.69) is 5.32 Å². The second kappa shape index (κ2) is 6.07. The Morgan fingerprint density at radius 2 is 2.10 bits per heavy atom. The summed E-state index contributed by atoms with van der Waals surface area (Å²) in [6, 6.07) is 3.89. The maximum atomic E-state index is 13.9. The number of halogens is 1. The van der Waals surface area contributed by atoms with Crippen molar-refractivity contribution in [3.63, 3.8) is 0 Å². The molecule has 1 saturated heterocycles. The van der Waals surface area contributed by atoms with E-state index in [-0.39, 0.29) is 22.8 Å². The molecule has 2 rings (SSSR count). The molecule has 8 heteroatoms. The number of rotatable bonds is 3. The fourth-order valence-electron chi connectivity index (χ4n) is 2.23. The minimum atomic E-state index is -3.45. The zero-order chi connectivity index (χ0) is 15.6. The first-order chi connectivity index (χ1) is 9.81. The van der Waals surface area contributed by atoms with Gasteiger partial charge in [-0.2, -0.15) is 0 Å². The van der Waals surface area contributed by atoms with Gasteiger partial charge in [-0.3, -0.25) is 4.79 Å². The van der Waals surface area contributed by atoms with E-state index in [9.17, 15) is 17.6 Å². The van der Waals surface area contributed by atoms with Gasteiger partial charge in [0.1, 0.15) is 16.1 Å². The van der Waals surface area contributed by atoms with Gasteiger partial charge in [-0.15, -0.1) is 0 Å². The van der Waals surface area contributed by atoms with Crippen molar-refractivity contribution in [2.24, 2.45) is 5.73 Å². The fraction of sp³-hybridized carbons (Fsp3) is 0.385. The predicted octanol–water partition coefficient (Wildman–Crippen LogP) is 1.37. The summed E-state index contributed by atoms with van der Waals surface area (Å²) >= 11 is 4.73. The van der Waals surface area contributed by atoms with Gasteiger partial charge in [0.2, 0.25) is 5.91 Å². The van der Waals surface area contributed by atoms with Gasteiger partial charge in [-0.1, -0.05) is 18.6 Å². The molecule has 1 unspecified atom stereocenters. The number of sulfone groups is 1. The molecule has 1 amide bonds. The Morgan fingerprint density at radius 1 is 1.38 bits per heavy atom. The van der Waals surface area contributed by atoms with Crippen LogP contribution < -0.4 is 11.1 Å². The first kappa shape index (κ1) is 15.8. The van der Waals surface area contributed by atoms with E-state index in [1.54, 1.807) is 0 Å². The quantitative estimate of drug-likeness (QED) is 0.817. The van der Waals surface area contributed by atoms with Crippen LogP contribution in [0.15, 0.2) is 18.2 Å². The van der Waals surface area contributed by atoms with Gasteiger partial charge in [0.15, 0.2) is 9.84 Å². The van der Waals surface area contributed by atoms with Crippen molar-refractivity contribution in [1.82, 2.24) is 0 Å². The summed E-state index contributed by atoms with van der Waals surface area (Å²) in [6.45, 7) is 0. The maximum absolute atomic E-state index is 13.9. The lowest BCUT2D eigenvalue weighted by atomic mass is 10.1. The SMILES string of the molecule is NC(=S)c1ccc(NC(=O)C2CCCCS2(=O)=O)c(F)c1. The molecule has 5 nitrogen and oxygen atoms in total. The first-order valence-electron chi connectivity index (χ1n) is 6.43. The summed E-state index contributed by atoms with van der Waals surface area (Å²) in [5.41, 5.74) is 5.64. The summed E-state index contributed by atoms with van der Waals surface area (Å²) in [4.78, 5) is 12.1. The van der Waals surface area contributed by atoms with Gasteiger partial charge in [-0.05, 0) is 31.0 Å². The van der Waals surface area contributed by atoms with Crippen LogP contribution >= 0.6 is 12.2 Å². The Labute approximate surface area is 127 Å². The number of benzene rings is 1. The lowest BCUT2D eigenvalue weighted by Crippen LogP contribution is -2.39. The number of hydrogen-bond acceptors (Lipinski definition) is 4. The third kappa shape index (κ3) is 3.56. The van der Waals surface area contributed by atoms with E-state index in [1.807, 2.05) is 0 Å².